The Morgan fingerprint density at radius 3 is 2.57 bits per heavy atom. The summed E-state index contributed by atoms with van der Waals surface area (Å²) in [5.41, 5.74) is 6.08. The summed E-state index contributed by atoms with van der Waals surface area (Å²) in [6.07, 6.45) is 3.94. The van der Waals surface area contributed by atoms with Crippen molar-refractivity contribution in [3.63, 3.8) is 0 Å². The van der Waals surface area contributed by atoms with Crippen LogP contribution in [0.25, 0.3) is 16.6 Å². The standard InChI is InChI=1S/C20H21NO2/c1-4-15-6-7-16-11-19(20(13-22)21(16)12-15)18-9-8-17(23-5-2)10-14(18)3/h6-13H,4-5H2,1-3H3. The van der Waals surface area contributed by atoms with E-state index < -0.39 is 0 Å². The van der Waals surface area contributed by atoms with E-state index in [4.69, 9.17) is 4.74 Å². The molecule has 0 N–H and O–H groups in total. The molecule has 2 aromatic heterocycles. The first-order valence-corrected chi connectivity index (χ1v) is 8.01. The highest BCUT2D eigenvalue weighted by atomic mass is 16.5. The maximum absolute atomic E-state index is 11.7. The third-order valence-corrected chi connectivity index (χ3v) is 4.19. The number of aromatic nitrogens is 1. The van der Waals surface area contributed by atoms with Crippen LogP contribution in [0.5, 0.6) is 5.75 Å². The Hall–Kier alpha value is -2.55. The molecule has 0 saturated heterocycles. The van der Waals surface area contributed by atoms with Crippen LogP contribution < -0.4 is 4.74 Å². The largest absolute Gasteiger partial charge is 0.494 e. The van der Waals surface area contributed by atoms with E-state index in [-0.39, 0.29) is 0 Å². The topological polar surface area (TPSA) is 30.7 Å². The van der Waals surface area contributed by atoms with Crippen molar-refractivity contribution in [3.05, 3.63) is 59.4 Å². The molecule has 0 unspecified atom stereocenters. The fraction of sp³-hybridized carbons (Fsp3) is 0.250. The minimum Gasteiger partial charge on any atom is -0.494 e. The molecule has 0 aliphatic rings. The lowest BCUT2D eigenvalue weighted by molar-refractivity contribution is 0.111. The predicted octanol–water partition coefficient (Wildman–Crippen LogP) is 4.69. The van der Waals surface area contributed by atoms with E-state index in [1.165, 1.54) is 5.56 Å². The summed E-state index contributed by atoms with van der Waals surface area (Å²) in [5, 5.41) is 0. The molecule has 3 nitrogen and oxygen atoms in total. The van der Waals surface area contributed by atoms with Gasteiger partial charge in [0.05, 0.1) is 12.3 Å². The summed E-state index contributed by atoms with van der Waals surface area (Å²) >= 11 is 0. The van der Waals surface area contributed by atoms with E-state index in [0.29, 0.717) is 12.3 Å². The zero-order chi connectivity index (χ0) is 16.4. The number of aryl methyl sites for hydroxylation is 2. The Labute approximate surface area is 136 Å². The molecule has 2 heterocycles. The number of rotatable bonds is 5. The van der Waals surface area contributed by atoms with Crippen molar-refractivity contribution in [2.75, 3.05) is 6.61 Å². The molecule has 0 atom stereocenters. The molecule has 3 aromatic rings. The van der Waals surface area contributed by atoms with E-state index in [2.05, 4.69) is 25.1 Å². The van der Waals surface area contributed by atoms with Gasteiger partial charge in [-0.15, -0.1) is 0 Å². The SMILES string of the molecule is CCOc1ccc(-c2cc3ccc(CC)cn3c2C=O)c(C)c1. The Morgan fingerprint density at radius 1 is 1.09 bits per heavy atom. The number of hydrogen-bond acceptors (Lipinski definition) is 2. The van der Waals surface area contributed by atoms with Gasteiger partial charge < -0.3 is 9.14 Å². The van der Waals surface area contributed by atoms with Gasteiger partial charge in [0, 0.05) is 17.3 Å². The number of hydrogen-bond donors (Lipinski definition) is 0. The molecule has 3 heteroatoms. The van der Waals surface area contributed by atoms with E-state index in [9.17, 15) is 4.79 Å². The van der Waals surface area contributed by atoms with E-state index in [1.807, 2.05) is 42.6 Å². The van der Waals surface area contributed by atoms with E-state index >= 15 is 0 Å². The van der Waals surface area contributed by atoms with Crippen LogP contribution in [0.3, 0.4) is 0 Å². The smallest absolute Gasteiger partial charge is 0.167 e. The highest BCUT2D eigenvalue weighted by Crippen LogP contribution is 2.31. The molecule has 0 amide bonds. The van der Waals surface area contributed by atoms with Crippen molar-refractivity contribution in [1.29, 1.82) is 0 Å². The van der Waals surface area contributed by atoms with Gasteiger partial charge in [-0.1, -0.05) is 19.1 Å². The lowest BCUT2D eigenvalue weighted by Gasteiger charge is -2.09. The van der Waals surface area contributed by atoms with Gasteiger partial charge >= 0.3 is 0 Å². The molecule has 23 heavy (non-hydrogen) atoms. The second-order valence-electron chi connectivity index (χ2n) is 5.66. The number of carbonyl (C=O) groups excluding carboxylic acids is 1. The first-order valence-electron chi connectivity index (χ1n) is 8.01. The molecule has 1 aromatic carbocycles. The van der Waals surface area contributed by atoms with Gasteiger partial charge in [0.15, 0.2) is 6.29 Å². The minimum atomic E-state index is 0.647. The average molecular weight is 307 g/mol. The molecule has 0 spiro atoms. The molecule has 0 saturated carbocycles. The first-order chi connectivity index (χ1) is 11.2. The lowest BCUT2D eigenvalue weighted by atomic mass is 10.0. The Balaban J connectivity index is 2.18. The van der Waals surface area contributed by atoms with E-state index in [0.717, 1.165) is 40.7 Å². The van der Waals surface area contributed by atoms with Gasteiger partial charge in [-0.25, -0.2) is 0 Å². The maximum atomic E-state index is 11.7. The molecular formula is C20H21NO2. The number of fused-ring (bicyclic) bond motifs is 1. The van der Waals surface area contributed by atoms with Crippen LogP contribution >= 0.6 is 0 Å². The zero-order valence-electron chi connectivity index (χ0n) is 13.8. The summed E-state index contributed by atoms with van der Waals surface area (Å²) in [5.74, 6) is 0.860. The molecule has 0 aliphatic carbocycles. The fourth-order valence-electron chi connectivity index (χ4n) is 2.97. The zero-order valence-corrected chi connectivity index (χ0v) is 13.8. The lowest BCUT2D eigenvalue weighted by Crippen LogP contribution is -1.96. The predicted molar refractivity (Wildman–Crippen MR) is 93.5 cm³/mol. The van der Waals surface area contributed by atoms with Crippen LogP contribution in [0.1, 0.15) is 35.5 Å². The summed E-state index contributed by atoms with van der Waals surface area (Å²) in [4.78, 5) is 11.7. The Bertz CT molecular complexity index is 861. The van der Waals surface area contributed by atoms with Gasteiger partial charge in [-0.3, -0.25) is 4.79 Å². The van der Waals surface area contributed by atoms with Crippen LogP contribution in [-0.2, 0) is 6.42 Å². The second kappa shape index (κ2) is 6.29. The average Bonchev–Trinajstić information content (AvgIpc) is 2.92. The Morgan fingerprint density at radius 2 is 1.91 bits per heavy atom. The normalized spacial score (nSPS) is 10.9. The van der Waals surface area contributed by atoms with Gasteiger partial charge in [0.2, 0.25) is 0 Å². The summed E-state index contributed by atoms with van der Waals surface area (Å²) < 4.78 is 7.53. The van der Waals surface area contributed by atoms with Crippen molar-refractivity contribution >= 4 is 11.8 Å². The third kappa shape index (κ3) is 2.74. The van der Waals surface area contributed by atoms with Gasteiger partial charge in [-0.05, 0) is 61.2 Å². The van der Waals surface area contributed by atoms with Crippen molar-refractivity contribution in [1.82, 2.24) is 4.40 Å². The van der Waals surface area contributed by atoms with Crippen molar-refractivity contribution in [2.24, 2.45) is 0 Å². The molecule has 3 rings (SSSR count). The number of carbonyl (C=O) groups is 1. The van der Waals surface area contributed by atoms with Crippen LogP contribution in [0.2, 0.25) is 0 Å². The molecule has 0 fully saturated rings. The fourth-order valence-corrected chi connectivity index (χ4v) is 2.97. The quantitative estimate of drug-likeness (QED) is 0.640. The van der Waals surface area contributed by atoms with Crippen molar-refractivity contribution in [3.8, 4) is 16.9 Å². The molecule has 118 valence electrons. The molecular weight excluding hydrogens is 286 g/mol. The molecule has 0 radical (unpaired) electrons. The van der Waals surface area contributed by atoms with Crippen LogP contribution in [0, 0.1) is 6.92 Å². The number of pyridine rings is 1. The van der Waals surface area contributed by atoms with E-state index in [1.54, 1.807) is 0 Å². The highest BCUT2D eigenvalue weighted by Gasteiger charge is 2.14. The minimum absolute atomic E-state index is 0.647. The van der Waals surface area contributed by atoms with Crippen molar-refractivity contribution in [2.45, 2.75) is 27.2 Å². The number of aldehydes is 1. The van der Waals surface area contributed by atoms with Crippen molar-refractivity contribution < 1.29 is 9.53 Å². The van der Waals surface area contributed by atoms with Crippen LogP contribution in [0.4, 0.5) is 0 Å². The number of benzene rings is 1. The number of nitrogens with zero attached hydrogens (tertiary/aromatic N) is 1. The third-order valence-electron chi connectivity index (χ3n) is 4.19. The van der Waals surface area contributed by atoms with Gasteiger partial charge in [-0.2, -0.15) is 0 Å². The molecule has 0 aliphatic heterocycles. The Kier molecular flexibility index (Phi) is 4.20. The maximum Gasteiger partial charge on any atom is 0.167 e. The van der Waals surface area contributed by atoms with Crippen LogP contribution in [-0.4, -0.2) is 17.3 Å². The van der Waals surface area contributed by atoms with Gasteiger partial charge in [0.1, 0.15) is 5.75 Å². The monoisotopic (exact) mass is 307 g/mol. The molecule has 0 bridgehead atoms. The van der Waals surface area contributed by atoms with Gasteiger partial charge in [0.25, 0.3) is 0 Å². The van der Waals surface area contributed by atoms with Crippen LogP contribution in [0.15, 0.2) is 42.6 Å². The summed E-state index contributed by atoms with van der Waals surface area (Å²) in [6.45, 7) is 6.78. The first kappa shape index (κ1) is 15.3. The summed E-state index contributed by atoms with van der Waals surface area (Å²) in [6, 6.07) is 12.3. The number of ether oxygens (including phenoxy) is 1. The second-order valence-corrected chi connectivity index (χ2v) is 5.66. The summed E-state index contributed by atoms with van der Waals surface area (Å²) in [7, 11) is 0. The highest BCUT2D eigenvalue weighted by molar-refractivity contribution is 5.90.